The van der Waals surface area contributed by atoms with Crippen LogP contribution in [0.2, 0.25) is 0 Å². The molecule has 4 nitrogen and oxygen atoms in total. The van der Waals surface area contributed by atoms with Crippen molar-refractivity contribution in [1.29, 1.82) is 0 Å². The van der Waals surface area contributed by atoms with Crippen LogP contribution in [0, 0.1) is 11.8 Å². The van der Waals surface area contributed by atoms with Crippen LogP contribution in [0.5, 0.6) is 0 Å². The molecular weight excluding hydrogens is 278 g/mol. The standard InChI is InChI=1S/C18H23NO3/c1-18(2,21)11-8-14-4-6-15(7-5-14)17(20)19(3)16-9-12-22-13-10-16/h4-7,16,21H,9-10,12-13H2,1-3H3. The van der Waals surface area contributed by atoms with Crippen molar-refractivity contribution in [3.8, 4) is 11.8 Å². The quantitative estimate of drug-likeness (QED) is 0.851. The fourth-order valence-corrected chi connectivity index (χ4v) is 2.36. The minimum Gasteiger partial charge on any atom is -0.381 e. The van der Waals surface area contributed by atoms with Gasteiger partial charge in [-0.25, -0.2) is 0 Å². The van der Waals surface area contributed by atoms with Crippen LogP contribution in [0.15, 0.2) is 24.3 Å². The lowest BCUT2D eigenvalue weighted by Crippen LogP contribution is -2.40. The maximum atomic E-state index is 12.5. The fraction of sp³-hybridized carbons (Fsp3) is 0.500. The number of ether oxygens (including phenoxy) is 1. The van der Waals surface area contributed by atoms with Gasteiger partial charge in [-0.3, -0.25) is 4.79 Å². The highest BCUT2D eigenvalue weighted by Crippen LogP contribution is 2.16. The SMILES string of the molecule is CN(C(=O)c1ccc(C#CC(C)(C)O)cc1)C1CCOCC1. The molecule has 1 aromatic rings. The summed E-state index contributed by atoms with van der Waals surface area (Å²) in [4.78, 5) is 14.3. The van der Waals surface area contributed by atoms with E-state index in [4.69, 9.17) is 4.74 Å². The van der Waals surface area contributed by atoms with E-state index in [-0.39, 0.29) is 11.9 Å². The zero-order valence-electron chi connectivity index (χ0n) is 13.4. The van der Waals surface area contributed by atoms with Crippen LogP contribution in [-0.4, -0.2) is 47.8 Å². The van der Waals surface area contributed by atoms with Crippen LogP contribution in [0.25, 0.3) is 0 Å². The maximum Gasteiger partial charge on any atom is 0.253 e. The summed E-state index contributed by atoms with van der Waals surface area (Å²) in [6, 6.07) is 7.43. The first-order valence-corrected chi connectivity index (χ1v) is 7.57. The van der Waals surface area contributed by atoms with E-state index in [0.717, 1.165) is 18.4 Å². The fourth-order valence-electron chi connectivity index (χ4n) is 2.36. The minimum atomic E-state index is -1.02. The van der Waals surface area contributed by atoms with Crippen LogP contribution < -0.4 is 0 Å². The first kappa shape index (κ1) is 16.5. The average molecular weight is 301 g/mol. The number of hydrogen-bond acceptors (Lipinski definition) is 3. The van der Waals surface area contributed by atoms with Crippen molar-refractivity contribution in [2.75, 3.05) is 20.3 Å². The van der Waals surface area contributed by atoms with E-state index in [1.807, 2.05) is 19.2 Å². The first-order chi connectivity index (χ1) is 10.4. The first-order valence-electron chi connectivity index (χ1n) is 7.57. The lowest BCUT2D eigenvalue weighted by Gasteiger charge is -2.31. The van der Waals surface area contributed by atoms with E-state index in [2.05, 4.69) is 11.8 Å². The van der Waals surface area contributed by atoms with Gasteiger partial charge in [0.25, 0.3) is 5.91 Å². The molecule has 1 aliphatic rings. The molecule has 1 saturated heterocycles. The Morgan fingerprint density at radius 2 is 1.86 bits per heavy atom. The molecule has 0 saturated carbocycles. The summed E-state index contributed by atoms with van der Waals surface area (Å²) in [5.41, 5.74) is 0.424. The molecule has 0 unspecified atom stereocenters. The molecule has 1 aliphatic heterocycles. The van der Waals surface area contributed by atoms with Crippen LogP contribution >= 0.6 is 0 Å². The van der Waals surface area contributed by atoms with Crippen LogP contribution in [0.4, 0.5) is 0 Å². The number of benzene rings is 1. The Bertz CT molecular complexity index is 569. The number of rotatable bonds is 2. The summed E-state index contributed by atoms with van der Waals surface area (Å²) in [6.07, 6.45) is 1.77. The Morgan fingerprint density at radius 1 is 1.27 bits per heavy atom. The minimum absolute atomic E-state index is 0.0221. The van der Waals surface area contributed by atoms with E-state index in [1.165, 1.54) is 0 Å². The van der Waals surface area contributed by atoms with E-state index >= 15 is 0 Å². The van der Waals surface area contributed by atoms with E-state index in [0.29, 0.717) is 18.8 Å². The van der Waals surface area contributed by atoms with E-state index in [9.17, 15) is 9.90 Å². The van der Waals surface area contributed by atoms with Crippen LogP contribution in [0.3, 0.4) is 0 Å². The van der Waals surface area contributed by atoms with Gasteiger partial charge < -0.3 is 14.7 Å². The summed E-state index contributed by atoms with van der Waals surface area (Å²) in [5, 5.41) is 9.59. The van der Waals surface area contributed by atoms with E-state index in [1.54, 1.807) is 30.9 Å². The van der Waals surface area contributed by atoms with Gasteiger partial charge in [-0.05, 0) is 51.0 Å². The zero-order valence-corrected chi connectivity index (χ0v) is 13.4. The molecule has 1 heterocycles. The highest BCUT2D eigenvalue weighted by Gasteiger charge is 2.23. The third kappa shape index (κ3) is 4.59. The van der Waals surface area contributed by atoms with Gasteiger partial charge in [0.15, 0.2) is 0 Å². The molecule has 118 valence electrons. The Kier molecular flexibility index (Phi) is 5.23. The van der Waals surface area contributed by atoms with Gasteiger partial charge in [0, 0.05) is 37.4 Å². The van der Waals surface area contributed by atoms with Crippen molar-refractivity contribution in [3.05, 3.63) is 35.4 Å². The number of carbonyl (C=O) groups is 1. The third-order valence-electron chi connectivity index (χ3n) is 3.70. The third-order valence-corrected chi connectivity index (χ3v) is 3.70. The largest absolute Gasteiger partial charge is 0.381 e. The van der Waals surface area contributed by atoms with Gasteiger partial charge in [0.05, 0.1) is 0 Å². The number of hydrogen-bond donors (Lipinski definition) is 1. The Hall–Kier alpha value is -1.83. The molecule has 2 rings (SSSR count). The summed E-state index contributed by atoms with van der Waals surface area (Å²) >= 11 is 0. The van der Waals surface area contributed by atoms with Gasteiger partial charge in [-0.1, -0.05) is 11.8 Å². The summed E-state index contributed by atoms with van der Waals surface area (Å²) in [7, 11) is 1.85. The summed E-state index contributed by atoms with van der Waals surface area (Å²) in [5.74, 6) is 5.68. The zero-order chi connectivity index (χ0) is 16.2. The molecule has 0 radical (unpaired) electrons. The summed E-state index contributed by atoms with van der Waals surface area (Å²) in [6.45, 7) is 4.71. The smallest absolute Gasteiger partial charge is 0.253 e. The Labute approximate surface area is 132 Å². The highest BCUT2D eigenvalue weighted by molar-refractivity contribution is 5.94. The molecule has 0 bridgehead atoms. The lowest BCUT2D eigenvalue weighted by atomic mass is 10.1. The molecule has 1 aromatic carbocycles. The van der Waals surface area contributed by atoms with Gasteiger partial charge in [-0.15, -0.1) is 0 Å². The predicted molar refractivity (Wildman–Crippen MR) is 85.6 cm³/mol. The molecule has 1 fully saturated rings. The molecule has 4 heteroatoms. The van der Waals surface area contributed by atoms with Crippen molar-refractivity contribution in [3.63, 3.8) is 0 Å². The van der Waals surface area contributed by atoms with Gasteiger partial charge in [0.1, 0.15) is 5.60 Å². The lowest BCUT2D eigenvalue weighted by molar-refractivity contribution is 0.0362. The topological polar surface area (TPSA) is 49.8 Å². The molecule has 0 atom stereocenters. The number of nitrogens with zero attached hydrogens (tertiary/aromatic N) is 1. The number of amides is 1. The van der Waals surface area contributed by atoms with Crippen molar-refractivity contribution >= 4 is 5.91 Å². The van der Waals surface area contributed by atoms with Crippen LogP contribution in [0.1, 0.15) is 42.6 Å². The molecule has 22 heavy (non-hydrogen) atoms. The second kappa shape index (κ2) is 6.95. The highest BCUT2D eigenvalue weighted by atomic mass is 16.5. The van der Waals surface area contributed by atoms with Gasteiger partial charge >= 0.3 is 0 Å². The molecule has 1 amide bonds. The molecule has 0 aromatic heterocycles. The Balaban J connectivity index is 2.05. The van der Waals surface area contributed by atoms with Crippen molar-refractivity contribution in [1.82, 2.24) is 4.90 Å². The van der Waals surface area contributed by atoms with E-state index < -0.39 is 5.60 Å². The van der Waals surface area contributed by atoms with Crippen LogP contribution in [-0.2, 0) is 4.74 Å². The number of aliphatic hydroxyl groups is 1. The maximum absolute atomic E-state index is 12.5. The number of carbonyl (C=O) groups excluding carboxylic acids is 1. The van der Waals surface area contributed by atoms with Gasteiger partial charge in [-0.2, -0.15) is 0 Å². The second-order valence-electron chi connectivity index (χ2n) is 6.15. The van der Waals surface area contributed by atoms with Crippen molar-refractivity contribution < 1.29 is 14.6 Å². The molecular formula is C18H23NO3. The van der Waals surface area contributed by atoms with Crippen molar-refractivity contribution in [2.45, 2.75) is 38.3 Å². The predicted octanol–water partition coefficient (Wildman–Crippen LogP) is 2.06. The van der Waals surface area contributed by atoms with Gasteiger partial charge in [0.2, 0.25) is 0 Å². The Morgan fingerprint density at radius 3 is 2.41 bits per heavy atom. The summed E-state index contributed by atoms with van der Waals surface area (Å²) < 4.78 is 5.33. The molecule has 0 aliphatic carbocycles. The average Bonchev–Trinajstić information content (AvgIpc) is 2.52. The van der Waals surface area contributed by atoms with Crippen molar-refractivity contribution in [2.24, 2.45) is 0 Å². The molecule has 0 spiro atoms. The second-order valence-corrected chi connectivity index (χ2v) is 6.15. The normalized spacial score (nSPS) is 15.8. The molecule has 1 N–H and O–H groups in total. The monoisotopic (exact) mass is 301 g/mol.